The Morgan fingerprint density at radius 2 is 0.950 bits per heavy atom. The largest absolute Gasteiger partial charge is 0.176 e. The molecule has 20 heavy (non-hydrogen) atoms. The highest BCUT2D eigenvalue weighted by atomic mass is 32.1. The molecule has 0 heterocycles. The summed E-state index contributed by atoms with van der Waals surface area (Å²) in [5.41, 5.74) is 5.23. The van der Waals surface area contributed by atoms with E-state index in [1.807, 2.05) is 0 Å². The van der Waals surface area contributed by atoms with Crippen molar-refractivity contribution in [1.29, 1.82) is 0 Å². The zero-order chi connectivity index (χ0) is 14.5. The van der Waals surface area contributed by atoms with Gasteiger partial charge in [-0.2, -0.15) is 25.3 Å². The van der Waals surface area contributed by atoms with E-state index in [4.69, 9.17) is 0 Å². The summed E-state index contributed by atoms with van der Waals surface area (Å²) in [4.78, 5) is 0. The minimum Gasteiger partial charge on any atom is -0.176 e. The Morgan fingerprint density at radius 3 is 1.20 bits per heavy atom. The van der Waals surface area contributed by atoms with Crippen molar-refractivity contribution >= 4 is 25.3 Å². The summed E-state index contributed by atoms with van der Waals surface area (Å²) in [6.07, 6.45) is 2.03. The lowest BCUT2D eigenvalue weighted by molar-refractivity contribution is 0.950. The van der Waals surface area contributed by atoms with Crippen LogP contribution in [0.4, 0.5) is 0 Å². The van der Waals surface area contributed by atoms with Crippen LogP contribution in [0, 0.1) is 0 Å². The standard InChI is InChI=1S/C18H22S2/c1-13(19)11-15-3-7-17(8-4-15)18-9-5-16(6-10-18)12-14(2)20/h3-10,13-14,19-20H,11-12H2,1-2H3. The average molecular weight is 303 g/mol. The molecule has 0 nitrogen and oxygen atoms in total. The maximum Gasteiger partial charge on any atom is 0.00288 e. The Kier molecular flexibility index (Phi) is 5.62. The van der Waals surface area contributed by atoms with Gasteiger partial charge in [0.2, 0.25) is 0 Å². The van der Waals surface area contributed by atoms with Gasteiger partial charge in [-0.3, -0.25) is 0 Å². The van der Waals surface area contributed by atoms with E-state index in [1.165, 1.54) is 22.3 Å². The molecule has 0 spiro atoms. The summed E-state index contributed by atoms with van der Waals surface area (Å²) >= 11 is 8.87. The molecule has 0 amide bonds. The van der Waals surface area contributed by atoms with Crippen molar-refractivity contribution in [3.63, 3.8) is 0 Å². The fourth-order valence-electron chi connectivity index (χ4n) is 2.35. The van der Waals surface area contributed by atoms with Crippen LogP contribution in [0.2, 0.25) is 0 Å². The molecule has 2 atom stereocenters. The van der Waals surface area contributed by atoms with Crippen LogP contribution in [0.1, 0.15) is 25.0 Å². The summed E-state index contributed by atoms with van der Waals surface area (Å²) in [6, 6.07) is 17.6. The van der Waals surface area contributed by atoms with Crippen LogP contribution >= 0.6 is 25.3 Å². The van der Waals surface area contributed by atoms with Gasteiger partial charge in [0.15, 0.2) is 0 Å². The summed E-state index contributed by atoms with van der Waals surface area (Å²) in [5, 5.41) is 0.812. The number of thiol groups is 2. The molecule has 0 aromatic heterocycles. The van der Waals surface area contributed by atoms with Crippen molar-refractivity contribution in [3.8, 4) is 11.1 Å². The number of benzene rings is 2. The number of hydrogen-bond donors (Lipinski definition) is 2. The van der Waals surface area contributed by atoms with Gasteiger partial charge in [0.1, 0.15) is 0 Å². The van der Waals surface area contributed by atoms with Crippen LogP contribution in [-0.4, -0.2) is 10.5 Å². The predicted octanol–water partition coefficient (Wildman–Crippen LogP) is 5.08. The molecule has 2 aromatic carbocycles. The summed E-state index contributed by atoms with van der Waals surface area (Å²) in [7, 11) is 0. The van der Waals surface area contributed by atoms with Gasteiger partial charge >= 0.3 is 0 Å². The minimum absolute atomic E-state index is 0.406. The van der Waals surface area contributed by atoms with Crippen molar-refractivity contribution in [2.75, 3.05) is 0 Å². The third-order valence-corrected chi connectivity index (χ3v) is 3.67. The van der Waals surface area contributed by atoms with Crippen LogP contribution in [0.3, 0.4) is 0 Å². The van der Waals surface area contributed by atoms with E-state index >= 15 is 0 Å². The normalized spacial score (nSPS) is 14.0. The first-order valence-corrected chi connectivity index (χ1v) is 8.12. The molecule has 0 bridgehead atoms. The molecule has 0 aliphatic rings. The third kappa shape index (κ3) is 4.60. The first kappa shape index (κ1) is 15.5. The van der Waals surface area contributed by atoms with Crippen LogP contribution in [0.5, 0.6) is 0 Å². The second kappa shape index (κ2) is 7.24. The predicted molar refractivity (Wildman–Crippen MR) is 96.2 cm³/mol. The van der Waals surface area contributed by atoms with Crippen LogP contribution in [-0.2, 0) is 12.8 Å². The fourth-order valence-corrected chi connectivity index (χ4v) is 2.77. The van der Waals surface area contributed by atoms with Crippen molar-refractivity contribution in [1.82, 2.24) is 0 Å². The van der Waals surface area contributed by atoms with E-state index in [0.29, 0.717) is 10.5 Å². The van der Waals surface area contributed by atoms with Gasteiger partial charge in [0.25, 0.3) is 0 Å². The molecule has 0 N–H and O–H groups in total. The number of rotatable bonds is 5. The van der Waals surface area contributed by atoms with Gasteiger partial charge in [0.05, 0.1) is 0 Å². The molecule has 0 aliphatic heterocycles. The SMILES string of the molecule is CC(S)Cc1ccc(-c2ccc(CC(C)S)cc2)cc1. The van der Waals surface area contributed by atoms with Crippen molar-refractivity contribution in [3.05, 3.63) is 59.7 Å². The van der Waals surface area contributed by atoms with Gasteiger partial charge in [-0.1, -0.05) is 62.4 Å². The Hall–Kier alpha value is -0.860. The van der Waals surface area contributed by atoms with E-state index in [-0.39, 0.29) is 0 Å². The van der Waals surface area contributed by atoms with Gasteiger partial charge in [0, 0.05) is 10.5 Å². The monoisotopic (exact) mass is 302 g/mol. The molecule has 0 saturated heterocycles. The van der Waals surface area contributed by atoms with Crippen LogP contribution in [0.15, 0.2) is 48.5 Å². The molecule has 106 valence electrons. The van der Waals surface area contributed by atoms with E-state index in [9.17, 15) is 0 Å². The Bertz CT molecular complexity index is 473. The first-order chi connectivity index (χ1) is 9.54. The Labute approximate surface area is 133 Å². The van der Waals surface area contributed by atoms with Crippen LogP contribution < -0.4 is 0 Å². The fraction of sp³-hybridized carbons (Fsp3) is 0.333. The van der Waals surface area contributed by atoms with E-state index in [0.717, 1.165) is 12.8 Å². The van der Waals surface area contributed by atoms with Crippen molar-refractivity contribution in [2.24, 2.45) is 0 Å². The zero-order valence-corrected chi connectivity index (χ0v) is 13.9. The Morgan fingerprint density at radius 1 is 0.650 bits per heavy atom. The molecule has 2 heteroatoms. The molecule has 0 saturated carbocycles. The molecule has 2 rings (SSSR count). The van der Waals surface area contributed by atoms with E-state index in [2.05, 4.69) is 87.6 Å². The highest BCUT2D eigenvalue weighted by Gasteiger charge is 2.02. The second-order valence-corrected chi connectivity index (χ2v) is 7.26. The summed E-state index contributed by atoms with van der Waals surface area (Å²) in [5.74, 6) is 0. The van der Waals surface area contributed by atoms with E-state index < -0.39 is 0 Å². The molecule has 0 fully saturated rings. The lowest BCUT2D eigenvalue weighted by atomic mass is 10.00. The Balaban J connectivity index is 2.11. The topological polar surface area (TPSA) is 0 Å². The third-order valence-electron chi connectivity index (χ3n) is 3.30. The lowest BCUT2D eigenvalue weighted by Gasteiger charge is -2.08. The van der Waals surface area contributed by atoms with Crippen LogP contribution in [0.25, 0.3) is 11.1 Å². The van der Waals surface area contributed by atoms with Gasteiger partial charge in [-0.15, -0.1) is 0 Å². The van der Waals surface area contributed by atoms with Crippen molar-refractivity contribution in [2.45, 2.75) is 37.2 Å². The van der Waals surface area contributed by atoms with E-state index in [1.54, 1.807) is 0 Å². The average Bonchev–Trinajstić information content (AvgIpc) is 2.39. The summed E-state index contributed by atoms with van der Waals surface area (Å²) < 4.78 is 0. The van der Waals surface area contributed by atoms with Gasteiger partial charge in [-0.05, 0) is 35.1 Å². The maximum absolute atomic E-state index is 4.44. The second-order valence-electron chi connectivity index (χ2n) is 5.50. The molecule has 0 radical (unpaired) electrons. The lowest BCUT2D eigenvalue weighted by Crippen LogP contribution is -1.97. The number of hydrogen-bond acceptors (Lipinski definition) is 2. The maximum atomic E-state index is 4.44. The zero-order valence-electron chi connectivity index (χ0n) is 12.1. The highest BCUT2D eigenvalue weighted by molar-refractivity contribution is 7.81. The highest BCUT2D eigenvalue weighted by Crippen LogP contribution is 2.22. The summed E-state index contributed by atoms with van der Waals surface area (Å²) in [6.45, 7) is 4.25. The molecule has 0 aliphatic carbocycles. The molecule has 2 unspecified atom stereocenters. The van der Waals surface area contributed by atoms with Gasteiger partial charge < -0.3 is 0 Å². The van der Waals surface area contributed by atoms with Crippen molar-refractivity contribution < 1.29 is 0 Å². The van der Waals surface area contributed by atoms with Gasteiger partial charge in [-0.25, -0.2) is 0 Å². The quantitative estimate of drug-likeness (QED) is 0.707. The minimum atomic E-state index is 0.406. The first-order valence-electron chi connectivity index (χ1n) is 7.09. The smallest absolute Gasteiger partial charge is 0.00288 e. The molecular formula is C18H22S2. The molecular weight excluding hydrogens is 280 g/mol. The molecule has 2 aromatic rings.